The molecular formula is C16H19NO2. The molecule has 0 aliphatic heterocycles. The molecule has 0 saturated heterocycles. The van der Waals surface area contributed by atoms with Gasteiger partial charge in [0.25, 0.3) is 0 Å². The second-order valence-corrected chi connectivity index (χ2v) is 5.23. The third-order valence-electron chi connectivity index (χ3n) is 3.88. The van der Waals surface area contributed by atoms with E-state index in [2.05, 4.69) is 23.2 Å². The molecule has 1 aliphatic rings. The average Bonchev–Trinajstić information content (AvgIpc) is 2.82. The standard InChI is InChI=1S/C16H19NO2/c1-2-9-19-16(18)11-7-8-15-13(10-11)12-5-3-4-6-14(12)17-15/h3-6,11,17H,2,7-10H2,1H3/t11-/m0/s1. The predicted octanol–water partition coefficient (Wildman–Crippen LogP) is 3.23. The van der Waals surface area contributed by atoms with Crippen molar-refractivity contribution in [2.45, 2.75) is 32.6 Å². The van der Waals surface area contributed by atoms with Crippen molar-refractivity contribution in [3.63, 3.8) is 0 Å². The zero-order valence-corrected chi connectivity index (χ0v) is 11.2. The Labute approximate surface area is 113 Å². The van der Waals surface area contributed by atoms with Gasteiger partial charge in [-0.15, -0.1) is 0 Å². The number of hydrogen-bond donors (Lipinski definition) is 1. The van der Waals surface area contributed by atoms with Crippen molar-refractivity contribution in [1.82, 2.24) is 4.98 Å². The number of carbonyl (C=O) groups is 1. The van der Waals surface area contributed by atoms with Crippen molar-refractivity contribution < 1.29 is 9.53 Å². The molecule has 2 aromatic rings. The highest BCUT2D eigenvalue weighted by molar-refractivity contribution is 5.86. The Morgan fingerprint density at radius 2 is 2.26 bits per heavy atom. The molecule has 1 atom stereocenters. The zero-order chi connectivity index (χ0) is 13.2. The van der Waals surface area contributed by atoms with Crippen LogP contribution in [0.2, 0.25) is 0 Å². The number of ether oxygens (including phenoxy) is 1. The van der Waals surface area contributed by atoms with Crippen LogP contribution in [0.25, 0.3) is 10.9 Å². The molecule has 3 rings (SSSR count). The minimum absolute atomic E-state index is 0.0262. The minimum Gasteiger partial charge on any atom is -0.465 e. The Morgan fingerprint density at radius 3 is 3.11 bits per heavy atom. The molecule has 100 valence electrons. The summed E-state index contributed by atoms with van der Waals surface area (Å²) in [7, 11) is 0. The molecule has 3 nitrogen and oxygen atoms in total. The molecule has 19 heavy (non-hydrogen) atoms. The van der Waals surface area contributed by atoms with Gasteiger partial charge in [-0.05, 0) is 37.3 Å². The Morgan fingerprint density at radius 1 is 1.42 bits per heavy atom. The Balaban J connectivity index is 1.84. The number of aromatic amines is 1. The van der Waals surface area contributed by atoms with Crippen LogP contribution in [-0.4, -0.2) is 17.6 Å². The lowest BCUT2D eigenvalue weighted by atomic mass is 9.86. The highest BCUT2D eigenvalue weighted by Crippen LogP contribution is 2.32. The first-order valence-corrected chi connectivity index (χ1v) is 7.04. The van der Waals surface area contributed by atoms with Gasteiger partial charge in [0.2, 0.25) is 0 Å². The summed E-state index contributed by atoms with van der Waals surface area (Å²) < 4.78 is 5.29. The molecule has 0 radical (unpaired) electrons. The van der Waals surface area contributed by atoms with Crippen LogP contribution in [-0.2, 0) is 22.4 Å². The monoisotopic (exact) mass is 257 g/mol. The van der Waals surface area contributed by atoms with E-state index in [1.807, 2.05) is 13.0 Å². The molecule has 1 aromatic carbocycles. The SMILES string of the molecule is CCCOC(=O)[C@H]1CCc2[nH]c3ccccc3c2C1. The first-order chi connectivity index (χ1) is 9.29. The van der Waals surface area contributed by atoms with Crippen LogP contribution in [0.5, 0.6) is 0 Å². The fourth-order valence-corrected chi connectivity index (χ4v) is 2.89. The largest absolute Gasteiger partial charge is 0.465 e. The summed E-state index contributed by atoms with van der Waals surface area (Å²) in [4.78, 5) is 15.5. The molecule has 0 fully saturated rings. The lowest BCUT2D eigenvalue weighted by Crippen LogP contribution is -2.24. The number of hydrogen-bond acceptors (Lipinski definition) is 2. The molecule has 0 amide bonds. The summed E-state index contributed by atoms with van der Waals surface area (Å²) in [5.74, 6) is -0.00367. The van der Waals surface area contributed by atoms with E-state index < -0.39 is 0 Å². The summed E-state index contributed by atoms with van der Waals surface area (Å²) >= 11 is 0. The molecule has 0 saturated carbocycles. The van der Waals surface area contributed by atoms with Crippen LogP contribution in [0.15, 0.2) is 24.3 Å². The van der Waals surface area contributed by atoms with Gasteiger partial charge in [0.1, 0.15) is 0 Å². The maximum absolute atomic E-state index is 12.0. The molecule has 0 unspecified atom stereocenters. The van der Waals surface area contributed by atoms with Gasteiger partial charge in [0, 0.05) is 16.6 Å². The van der Waals surface area contributed by atoms with Gasteiger partial charge in [-0.25, -0.2) is 0 Å². The van der Waals surface area contributed by atoms with Crippen molar-refractivity contribution in [3.8, 4) is 0 Å². The van der Waals surface area contributed by atoms with E-state index in [9.17, 15) is 4.79 Å². The number of esters is 1. The molecule has 0 bridgehead atoms. The van der Waals surface area contributed by atoms with Gasteiger partial charge >= 0.3 is 5.97 Å². The maximum Gasteiger partial charge on any atom is 0.309 e. The molecule has 1 aromatic heterocycles. The van der Waals surface area contributed by atoms with E-state index in [0.717, 1.165) is 25.7 Å². The van der Waals surface area contributed by atoms with Crippen molar-refractivity contribution in [2.24, 2.45) is 5.92 Å². The van der Waals surface area contributed by atoms with E-state index in [1.165, 1.54) is 22.2 Å². The lowest BCUT2D eigenvalue weighted by Gasteiger charge is -2.21. The molecule has 3 heteroatoms. The highest BCUT2D eigenvalue weighted by Gasteiger charge is 2.28. The quantitative estimate of drug-likeness (QED) is 0.858. The zero-order valence-electron chi connectivity index (χ0n) is 11.2. The van der Waals surface area contributed by atoms with Crippen LogP contribution in [0.4, 0.5) is 0 Å². The first-order valence-electron chi connectivity index (χ1n) is 7.04. The normalized spacial score (nSPS) is 18.3. The van der Waals surface area contributed by atoms with Gasteiger partial charge < -0.3 is 9.72 Å². The molecule has 0 spiro atoms. The molecular weight excluding hydrogens is 238 g/mol. The Hall–Kier alpha value is -1.77. The highest BCUT2D eigenvalue weighted by atomic mass is 16.5. The van der Waals surface area contributed by atoms with E-state index in [0.29, 0.717) is 6.61 Å². The van der Waals surface area contributed by atoms with Crippen molar-refractivity contribution in [3.05, 3.63) is 35.5 Å². The average molecular weight is 257 g/mol. The van der Waals surface area contributed by atoms with Crippen LogP contribution in [0.1, 0.15) is 31.0 Å². The number of nitrogens with one attached hydrogen (secondary N) is 1. The smallest absolute Gasteiger partial charge is 0.309 e. The third-order valence-corrected chi connectivity index (χ3v) is 3.88. The van der Waals surface area contributed by atoms with E-state index in [1.54, 1.807) is 0 Å². The summed E-state index contributed by atoms with van der Waals surface area (Å²) in [6.45, 7) is 2.56. The van der Waals surface area contributed by atoms with Gasteiger partial charge in [-0.1, -0.05) is 25.1 Å². The number of para-hydroxylation sites is 1. The number of rotatable bonds is 3. The van der Waals surface area contributed by atoms with Gasteiger partial charge in [-0.2, -0.15) is 0 Å². The van der Waals surface area contributed by atoms with Crippen LogP contribution < -0.4 is 0 Å². The summed E-state index contributed by atoms with van der Waals surface area (Å²) in [5.41, 5.74) is 3.77. The third kappa shape index (κ3) is 2.25. The van der Waals surface area contributed by atoms with Crippen molar-refractivity contribution in [1.29, 1.82) is 0 Å². The van der Waals surface area contributed by atoms with Gasteiger partial charge in [0.05, 0.1) is 12.5 Å². The second kappa shape index (κ2) is 5.08. The van der Waals surface area contributed by atoms with Crippen molar-refractivity contribution in [2.75, 3.05) is 6.61 Å². The minimum atomic E-state index is -0.0298. The van der Waals surface area contributed by atoms with Crippen LogP contribution in [0.3, 0.4) is 0 Å². The van der Waals surface area contributed by atoms with Crippen molar-refractivity contribution >= 4 is 16.9 Å². The summed E-state index contributed by atoms with van der Waals surface area (Å²) in [5, 5.41) is 1.26. The predicted molar refractivity (Wildman–Crippen MR) is 75.1 cm³/mol. The Bertz CT molecular complexity index is 600. The summed E-state index contributed by atoms with van der Waals surface area (Å²) in [6.07, 6.45) is 3.52. The molecule has 1 N–H and O–H groups in total. The lowest BCUT2D eigenvalue weighted by molar-refractivity contribution is -0.148. The van der Waals surface area contributed by atoms with Crippen LogP contribution in [0, 0.1) is 5.92 Å². The second-order valence-electron chi connectivity index (χ2n) is 5.23. The van der Waals surface area contributed by atoms with Gasteiger partial charge in [-0.3, -0.25) is 4.79 Å². The van der Waals surface area contributed by atoms with E-state index in [4.69, 9.17) is 4.74 Å². The number of aromatic nitrogens is 1. The number of benzene rings is 1. The fraction of sp³-hybridized carbons (Fsp3) is 0.438. The molecule has 1 heterocycles. The molecule has 1 aliphatic carbocycles. The number of carbonyl (C=O) groups excluding carboxylic acids is 1. The number of H-pyrrole nitrogens is 1. The number of fused-ring (bicyclic) bond motifs is 3. The number of aryl methyl sites for hydroxylation is 1. The maximum atomic E-state index is 12.0. The Kier molecular flexibility index (Phi) is 3.28. The van der Waals surface area contributed by atoms with Gasteiger partial charge in [0.15, 0.2) is 0 Å². The van der Waals surface area contributed by atoms with E-state index in [-0.39, 0.29) is 11.9 Å². The summed E-state index contributed by atoms with van der Waals surface area (Å²) in [6, 6.07) is 8.31. The first kappa shape index (κ1) is 12.3. The van der Waals surface area contributed by atoms with Crippen LogP contribution >= 0.6 is 0 Å². The fourth-order valence-electron chi connectivity index (χ4n) is 2.89. The van der Waals surface area contributed by atoms with E-state index >= 15 is 0 Å². The topological polar surface area (TPSA) is 42.1 Å².